The van der Waals surface area contributed by atoms with Crippen molar-refractivity contribution in [3.05, 3.63) is 42.1 Å². The molecule has 8 heteroatoms. The number of methoxy groups -OCH3 is 1. The summed E-state index contributed by atoms with van der Waals surface area (Å²) in [4.78, 5) is 6.50. The summed E-state index contributed by atoms with van der Waals surface area (Å²) < 4.78 is 10.5. The van der Waals surface area contributed by atoms with Gasteiger partial charge in [-0.3, -0.25) is 4.99 Å². The minimum atomic E-state index is 0. The molecule has 1 aromatic carbocycles. The van der Waals surface area contributed by atoms with Crippen molar-refractivity contribution in [2.75, 3.05) is 47.4 Å². The first kappa shape index (κ1) is 23.4. The lowest BCUT2D eigenvalue weighted by Gasteiger charge is -2.17. The maximum atomic E-state index is 5.41. The number of nitrogens with one attached hydrogen (secondary N) is 2. The molecule has 0 radical (unpaired) electrons. The molecule has 0 unspecified atom stereocenters. The smallest absolute Gasteiger partial charge is 0.191 e. The lowest BCUT2D eigenvalue weighted by Crippen LogP contribution is -2.40. The van der Waals surface area contributed by atoms with Gasteiger partial charge in [0.25, 0.3) is 0 Å². The van der Waals surface area contributed by atoms with Gasteiger partial charge in [-0.05, 0) is 13.5 Å². The van der Waals surface area contributed by atoms with Gasteiger partial charge in [-0.15, -0.1) is 24.0 Å². The van der Waals surface area contributed by atoms with Gasteiger partial charge in [0, 0.05) is 52.0 Å². The second kappa shape index (κ2) is 13.5. The highest BCUT2D eigenvalue weighted by Gasteiger charge is 2.07. The van der Waals surface area contributed by atoms with E-state index in [4.69, 9.17) is 9.26 Å². The van der Waals surface area contributed by atoms with Crippen molar-refractivity contribution in [3.63, 3.8) is 0 Å². The standard InChI is InChI=1S/C19H29N5O2.HI/c1-20-19(21-10-12-24(2)11-7-13-25-3)22-15-17-14-18(26-23-17)16-8-5-4-6-9-16;/h4-6,8-9,14H,7,10-13,15H2,1-3H3,(H2,20,21,22);1H. The van der Waals surface area contributed by atoms with E-state index in [1.54, 1.807) is 14.2 Å². The van der Waals surface area contributed by atoms with E-state index in [1.165, 1.54) is 0 Å². The molecule has 7 nitrogen and oxygen atoms in total. The Kier molecular flexibility index (Phi) is 11.7. The lowest BCUT2D eigenvalue weighted by atomic mass is 10.2. The fourth-order valence-corrected chi connectivity index (χ4v) is 2.48. The molecule has 0 spiro atoms. The quantitative estimate of drug-likeness (QED) is 0.232. The van der Waals surface area contributed by atoms with Crippen LogP contribution >= 0.6 is 24.0 Å². The van der Waals surface area contributed by atoms with E-state index in [2.05, 4.69) is 32.7 Å². The van der Waals surface area contributed by atoms with Crippen LogP contribution in [0.4, 0.5) is 0 Å². The summed E-state index contributed by atoms with van der Waals surface area (Å²) in [5, 5.41) is 10.7. The van der Waals surface area contributed by atoms with Crippen LogP contribution in [0.2, 0.25) is 0 Å². The molecule has 0 atom stereocenters. The Morgan fingerprint density at radius 1 is 1.22 bits per heavy atom. The number of hydrogen-bond acceptors (Lipinski definition) is 5. The van der Waals surface area contributed by atoms with Crippen molar-refractivity contribution in [2.45, 2.75) is 13.0 Å². The van der Waals surface area contributed by atoms with Gasteiger partial charge in [0.1, 0.15) is 5.69 Å². The van der Waals surface area contributed by atoms with Crippen LogP contribution in [-0.2, 0) is 11.3 Å². The first-order valence-corrected chi connectivity index (χ1v) is 8.86. The first-order valence-electron chi connectivity index (χ1n) is 8.86. The number of guanidine groups is 1. The molecule has 0 saturated heterocycles. The van der Waals surface area contributed by atoms with Crippen LogP contribution in [0, 0.1) is 0 Å². The molecule has 0 fully saturated rings. The Morgan fingerprint density at radius 3 is 2.70 bits per heavy atom. The number of aliphatic imine (C=N–C) groups is 1. The molecule has 2 N–H and O–H groups in total. The van der Waals surface area contributed by atoms with Gasteiger partial charge in [0.15, 0.2) is 11.7 Å². The third-order valence-electron chi connectivity index (χ3n) is 3.95. The van der Waals surface area contributed by atoms with Crippen LogP contribution in [0.1, 0.15) is 12.1 Å². The number of benzene rings is 1. The highest BCUT2D eigenvalue weighted by atomic mass is 127. The molecule has 150 valence electrons. The molecular formula is C19H30IN5O2. The number of halogens is 1. The molecule has 0 amide bonds. The second-order valence-corrected chi connectivity index (χ2v) is 6.05. The SMILES string of the molecule is CN=C(NCCN(C)CCCOC)NCc1cc(-c2ccccc2)on1.I. The first-order chi connectivity index (χ1) is 12.7. The largest absolute Gasteiger partial charge is 0.385 e. The Morgan fingerprint density at radius 2 is 2.00 bits per heavy atom. The molecule has 0 aliphatic rings. The minimum Gasteiger partial charge on any atom is -0.385 e. The van der Waals surface area contributed by atoms with Crippen molar-refractivity contribution in [1.29, 1.82) is 0 Å². The van der Waals surface area contributed by atoms with E-state index in [-0.39, 0.29) is 24.0 Å². The lowest BCUT2D eigenvalue weighted by molar-refractivity contribution is 0.180. The van der Waals surface area contributed by atoms with Crippen molar-refractivity contribution in [1.82, 2.24) is 20.7 Å². The minimum absolute atomic E-state index is 0. The molecule has 0 aliphatic carbocycles. The Bertz CT molecular complexity index is 663. The Hall–Kier alpha value is -1.65. The van der Waals surface area contributed by atoms with E-state index >= 15 is 0 Å². The van der Waals surface area contributed by atoms with Gasteiger partial charge < -0.3 is 24.8 Å². The summed E-state index contributed by atoms with van der Waals surface area (Å²) in [6.45, 7) is 4.12. The molecule has 2 rings (SSSR count). The van der Waals surface area contributed by atoms with E-state index in [1.807, 2.05) is 36.4 Å². The van der Waals surface area contributed by atoms with Crippen LogP contribution < -0.4 is 10.6 Å². The van der Waals surface area contributed by atoms with E-state index in [0.29, 0.717) is 6.54 Å². The molecule has 1 heterocycles. The third-order valence-corrected chi connectivity index (χ3v) is 3.95. The fraction of sp³-hybridized carbons (Fsp3) is 0.474. The second-order valence-electron chi connectivity index (χ2n) is 6.05. The van der Waals surface area contributed by atoms with E-state index < -0.39 is 0 Å². The zero-order chi connectivity index (χ0) is 18.6. The number of aromatic nitrogens is 1. The molecule has 27 heavy (non-hydrogen) atoms. The summed E-state index contributed by atoms with van der Waals surface area (Å²) >= 11 is 0. The van der Waals surface area contributed by atoms with Gasteiger partial charge in [-0.1, -0.05) is 35.5 Å². The summed E-state index contributed by atoms with van der Waals surface area (Å²) in [5.41, 5.74) is 1.86. The van der Waals surface area contributed by atoms with Crippen molar-refractivity contribution < 1.29 is 9.26 Å². The van der Waals surface area contributed by atoms with Crippen molar-refractivity contribution >= 4 is 29.9 Å². The van der Waals surface area contributed by atoms with Crippen molar-refractivity contribution in [3.8, 4) is 11.3 Å². The number of nitrogens with zero attached hydrogens (tertiary/aromatic N) is 3. The van der Waals surface area contributed by atoms with Crippen molar-refractivity contribution in [2.24, 2.45) is 4.99 Å². The number of hydrogen-bond donors (Lipinski definition) is 2. The summed E-state index contributed by atoms with van der Waals surface area (Å²) in [5.74, 6) is 1.52. The molecule has 0 aliphatic heterocycles. The molecule has 1 aromatic heterocycles. The van der Waals surface area contributed by atoms with Crippen LogP contribution in [0.3, 0.4) is 0 Å². The van der Waals surface area contributed by atoms with Gasteiger partial charge >= 0.3 is 0 Å². The molecule has 0 bridgehead atoms. The van der Waals surface area contributed by atoms with Crippen LogP contribution in [0.15, 0.2) is 45.9 Å². The zero-order valence-electron chi connectivity index (χ0n) is 16.3. The van der Waals surface area contributed by atoms with Gasteiger partial charge in [-0.2, -0.15) is 0 Å². The number of rotatable bonds is 10. The maximum Gasteiger partial charge on any atom is 0.191 e. The predicted octanol–water partition coefficient (Wildman–Crippen LogP) is 2.59. The highest BCUT2D eigenvalue weighted by molar-refractivity contribution is 14.0. The fourth-order valence-electron chi connectivity index (χ4n) is 2.48. The van der Waals surface area contributed by atoms with Crippen LogP contribution in [0.25, 0.3) is 11.3 Å². The average molecular weight is 487 g/mol. The number of ether oxygens (including phenoxy) is 1. The zero-order valence-corrected chi connectivity index (χ0v) is 18.6. The summed E-state index contributed by atoms with van der Waals surface area (Å²) in [6, 6.07) is 11.9. The highest BCUT2D eigenvalue weighted by Crippen LogP contribution is 2.19. The van der Waals surface area contributed by atoms with Gasteiger partial charge in [-0.25, -0.2) is 0 Å². The van der Waals surface area contributed by atoms with Gasteiger partial charge in [0.2, 0.25) is 0 Å². The van der Waals surface area contributed by atoms with Gasteiger partial charge in [0.05, 0.1) is 6.54 Å². The third kappa shape index (κ3) is 8.72. The van der Waals surface area contributed by atoms with E-state index in [0.717, 1.165) is 55.6 Å². The molecule has 0 saturated carbocycles. The topological polar surface area (TPSA) is 74.9 Å². The number of likely N-dealkylation sites (N-methyl/N-ethyl adjacent to an activating group) is 1. The Labute approximate surface area is 178 Å². The molecular weight excluding hydrogens is 457 g/mol. The predicted molar refractivity (Wildman–Crippen MR) is 120 cm³/mol. The summed E-state index contributed by atoms with van der Waals surface area (Å²) in [7, 11) is 5.60. The molecule has 2 aromatic rings. The summed E-state index contributed by atoms with van der Waals surface area (Å²) in [6.07, 6.45) is 1.04. The van der Waals surface area contributed by atoms with E-state index in [9.17, 15) is 0 Å². The Balaban J connectivity index is 0.00000364. The van der Waals surface area contributed by atoms with Crippen LogP contribution in [-0.4, -0.2) is 63.5 Å². The maximum absolute atomic E-state index is 5.41. The monoisotopic (exact) mass is 487 g/mol. The average Bonchev–Trinajstić information content (AvgIpc) is 3.14. The normalized spacial score (nSPS) is 11.3. The van der Waals surface area contributed by atoms with Crippen LogP contribution in [0.5, 0.6) is 0 Å².